The number of halogens is 2. The van der Waals surface area contributed by atoms with Crippen LogP contribution in [0.5, 0.6) is 0 Å². The van der Waals surface area contributed by atoms with Gasteiger partial charge in [-0.3, -0.25) is 0 Å². The molecule has 1 aromatic heterocycles. The van der Waals surface area contributed by atoms with E-state index in [0.29, 0.717) is 17.0 Å². The minimum Gasteiger partial charge on any atom is -0.336 e. The van der Waals surface area contributed by atoms with E-state index in [4.69, 9.17) is 0 Å². The Hall–Kier alpha value is -3.22. The Morgan fingerprint density at radius 1 is 1.00 bits per heavy atom. The third-order valence-electron chi connectivity index (χ3n) is 4.33. The van der Waals surface area contributed by atoms with Gasteiger partial charge in [0.2, 0.25) is 0 Å². The van der Waals surface area contributed by atoms with E-state index in [2.05, 4.69) is 15.6 Å². The largest absolute Gasteiger partial charge is 0.336 e. The second-order valence-electron chi connectivity index (χ2n) is 6.21. The number of rotatable bonds is 5. The summed E-state index contributed by atoms with van der Waals surface area (Å²) in [5.74, 6) is -0.373. The van der Waals surface area contributed by atoms with E-state index in [1.54, 1.807) is 67.3 Å². The molecule has 2 unspecified atom stereocenters. The van der Waals surface area contributed by atoms with Crippen molar-refractivity contribution in [2.45, 2.75) is 19.0 Å². The fourth-order valence-electron chi connectivity index (χ4n) is 2.92. The molecular formula is C20H20F2N4O. The van der Waals surface area contributed by atoms with E-state index in [-0.39, 0.29) is 0 Å². The fourth-order valence-corrected chi connectivity index (χ4v) is 2.92. The number of nitrogens with one attached hydrogen (secondary N) is 2. The summed E-state index contributed by atoms with van der Waals surface area (Å²) < 4.78 is 30.0. The molecule has 0 bridgehead atoms. The molecule has 27 heavy (non-hydrogen) atoms. The summed E-state index contributed by atoms with van der Waals surface area (Å²) in [6, 6.07) is 10.5. The molecule has 0 spiro atoms. The minimum atomic E-state index is -0.793. The standard InChI is InChI=1S/C20H20F2N4O/c1-13(14-7-3-5-9-16(14)21)24-20(27)25-18(19-23-11-12-26(19)2)15-8-4-6-10-17(15)22/h3-13,18H,1-2H3,(H2,24,25,27). The van der Waals surface area contributed by atoms with Crippen molar-refractivity contribution in [3.8, 4) is 0 Å². The van der Waals surface area contributed by atoms with Crippen LogP contribution in [0.25, 0.3) is 0 Å². The molecule has 5 nitrogen and oxygen atoms in total. The number of amides is 2. The molecule has 7 heteroatoms. The summed E-state index contributed by atoms with van der Waals surface area (Å²) in [6.07, 6.45) is 3.29. The van der Waals surface area contributed by atoms with Gasteiger partial charge >= 0.3 is 6.03 Å². The van der Waals surface area contributed by atoms with Gasteiger partial charge in [0.05, 0.1) is 6.04 Å². The lowest BCUT2D eigenvalue weighted by Gasteiger charge is -2.22. The zero-order valence-electron chi connectivity index (χ0n) is 15.0. The molecule has 0 aliphatic heterocycles. The third kappa shape index (κ3) is 4.13. The first kappa shape index (κ1) is 18.6. The van der Waals surface area contributed by atoms with Crippen LogP contribution in [0.4, 0.5) is 13.6 Å². The minimum absolute atomic E-state index is 0.292. The highest BCUT2D eigenvalue weighted by atomic mass is 19.1. The highest BCUT2D eigenvalue weighted by Crippen LogP contribution is 2.23. The second kappa shape index (κ2) is 7.99. The molecule has 0 aliphatic carbocycles. The Bertz CT molecular complexity index is 941. The lowest BCUT2D eigenvalue weighted by atomic mass is 10.1. The molecule has 2 atom stereocenters. The molecule has 0 radical (unpaired) electrons. The van der Waals surface area contributed by atoms with Gasteiger partial charge in [-0.2, -0.15) is 0 Å². The number of imidazole rings is 1. The van der Waals surface area contributed by atoms with Crippen molar-refractivity contribution in [2.24, 2.45) is 7.05 Å². The summed E-state index contributed by atoms with van der Waals surface area (Å²) in [7, 11) is 1.76. The first-order chi connectivity index (χ1) is 13.0. The van der Waals surface area contributed by atoms with Crippen molar-refractivity contribution in [2.75, 3.05) is 0 Å². The smallest absolute Gasteiger partial charge is 0.316 e. The molecular weight excluding hydrogens is 350 g/mol. The van der Waals surface area contributed by atoms with Crippen LogP contribution in [0.1, 0.15) is 36.0 Å². The van der Waals surface area contributed by atoms with Crippen molar-refractivity contribution in [3.05, 3.63) is 89.5 Å². The van der Waals surface area contributed by atoms with Crippen molar-refractivity contribution in [1.82, 2.24) is 20.2 Å². The first-order valence-electron chi connectivity index (χ1n) is 8.50. The summed E-state index contributed by atoms with van der Waals surface area (Å²) in [4.78, 5) is 16.8. The Kier molecular flexibility index (Phi) is 5.49. The number of nitrogens with zero attached hydrogens (tertiary/aromatic N) is 2. The summed E-state index contributed by atoms with van der Waals surface area (Å²) in [5.41, 5.74) is 0.660. The van der Waals surface area contributed by atoms with E-state index in [1.165, 1.54) is 12.1 Å². The van der Waals surface area contributed by atoms with Crippen LogP contribution in [0.3, 0.4) is 0 Å². The van der Waals surface area contributed by atoms with Gasteiger partial charge in [-0.1, -0.05) is 36.4 Å². The Morgan fingerprint density at radius 2 is 1.59 bits per heavy atom. The van der Waals surface area contributed by atoms with Crippen molar-refractivity contribution in [1.29, 1.82) is 0 Å². The number of hydrogen-bond acceptors (Lipinski definition) is 2. The van der Waals surface area contributed by atoms with Crippen molar-refractivity contribution in [3.63, 3.8) is 0 Å². The Morgan fingerprint density at radius 3 is 2.15 bits per heavy atom. The number of urea groups is 1. The maximum absolute atomic E-state index is 14.3. The van der Waals surface area contributed by atoms with Gasteiger partial charge in [0.15, 0.2) is 0 Å². The van der Waals surface area contributed by atoms with E-state index in [1.807, 2.05) is 0 Å². The monoisotopic (exact) mass is 370 g/mol. The maximum Gasteiger partial charge on any atom is 0.316 e. The van der Waals surface area contributed by atoms with E-state index < -0.39 is 29.7 Å². The van der Waals surface area contributed by atoms with Gasteiger partial charge < -0.3 is 15.2 Å². The highest BCUT2D eigenvalue weighted by Gasteiger charge is 2.24. The quantitative estimate of drug-likeness (QED) is 0.717. The van der Waals surface area contributed by atoms with Crippen molar-refractivity contribution < 1.29 is 13.6 Å². The van der Waals surface area contributed by atoms with E-state index >= 15 is 0 Å². The molecule has 3 aromatic rings. The number of benzene rings is 2. The molecule has 2 aromatic carbocycles. The van der Waals surface area contributed by atoms with Crippen LogP contribution in [0.2, 0.25) is 0 Å². The van der Waals surface area contributed by atoms with Gasteiger partial charge in [-0.25, -0.2) is 18.6 Å². The van der Waals surface area contributed by atoms with Crippen LogP contribution in [-0.2, 0) is 7.05 Å². The zero-order valence-corrected chi connectivity index (χ0v) is 15.0. The summed E-state index contributed by atoms with van der Waals surface area (Å²) >= 11 is 0. The fraction of sp³-hybridized carbons (Fsp3) is 0.200. The molecule has 0 fully saturated rings. The Labute approximate surface area is 156 Å². The number of aryl methyl sites for hydroxylation is 1. The number of aromatic nitrogens is 2. The number of hydrogen-bond donors (Lipinski definition) is 2. The van der Waals surface area contributed by atoms with E-state index in [9.17, 15) is 13.6 Å². The van der Waals surface area contributed by atoms with Crippen LogP contribution in [0, 0.1) is 11.6 Å². The molecule has 1 heterocycles. The normalized spacial score (nSPS) is 13.0. The molecule has 0 saturated heterocycles. The van der Waals surface area contributed by atoms with Crippen LogP contribution in [0.15, 0.2) is 60.9 Å². The molecule has 2 amide bonds. The van der Waals surface area contributed by atoms with Crippen LogP contribution in [-0.4, -0.2) is 15.6 Å². The predicted molar refractivity (Wildman–Crippen MR) is 97.9 cm³/mol. The average Bonchev–Trinajstić information content (AvgIpc) is 3.06. The first-order valence-corrected chi connectivity index (χ1v) is 8.50. The zero-order chi connectivity index (χ0) is 19.4. The lowest BCUT2D eigenvalue weighted by molar-refractivity contribution is 0.234. The topological polar surface area (TPSA) is 59.0 Å². The summed E-state index contributed by atoms with van der Waals surface area (Å²) in [5, 5.41) is 5.43. The maximum atomic E-state index is 14.3. The Balaban J connectivity index is 1.82. The SMILES string of the molecule is CC(NC(=O)NC(c1ccccc1F)c1nccn1C)c1ccccc1F. The van der Waals surface area contributed by atoms with Gasteiger partial charge in [0, 0.05) is 30.6 Å². The van der Waals surface area contributed by atoms with Gasteiger partial charge in [-0.05, 0) is 19.1 Å². The third-order valence-corrected chi connectivity index (χ3v) is 4.33. The van der Waals surface area contributed by atoms with Crippen LogP contribution < -0.4 is 10.6 Å². The second-order valence-corrected chi connectivity index (χ2v) is 6.21. The average molecular weight is 370 g/mol. The number of carbonyl (C=O) groups is 1. The molecule has 3 rings (SSSR count). The highest BCUT2D eigenvalue weighted by molar-refractivity contribution is 5.75. The predicted octanol–water partition coefficient (Wildman–Crippen LogP) is 3.85. The molecule has 0 aliphatic rings. The summed E-state index contributed by atoms with van der Waals surface area (Å²) in [6.45, 7) is 1.68. The van der Waals surface area contributed by atoms with Gasteiger partial charge in [0.1, 0.15) is 23.5 Å². The molecule has 0 saturated carbocycles. The lowest BCUT2D eigenvalue weighted by Crippen LogP contribution is -2.40. The van der Waals surface area contributed by atoms with Gasteiger partial charge in [0.25, 0.3) is 0 Å². The molecule has 140 valence electrons. The van der Waals surface area contributed by atoms with Gasteiger partial charge in [-0.15, -0.1) is 0 Å². The molecule has 2 N–H and O–H groups in total. The van der Waals surface area contributed by atoms with Crippen molar-refractivity contribution >= 4 is 6.03 Å². The van der Waals surface area contributed by atoms with E-state index in [0.717, 1.165) is 0 Å². The van der Waals surface area contributed by atoms with Crippen LogP contribution >= 0.6 is 0 Å². The number of carbonyl (C=O) groups excluding carboxylic acids is 1.